The van der Waals surface area contributed by atoms with Crippen molar-refractivity contribution in [1.82, 2.24) is 16.0 Å². The van der Waals surface area contributed by atoms with Crippen LogP contribution in [0, 0.1) is 11.8 Å². The van der Waals surface area contributed by atoms with Gasteiger partial charge in [-0.2, -0.15) is 0 Å². The van der Waals surface area contributed by atoms with Crippen LogP contribution in [0.2, 0.25) is 0 Å². The number of aliphatic hydroxyl groups is 1. The first kappa shape index (κ1) is 24.8. The zero-order valence-electron chi connectivity index (χ0n) is 17.0. The van der Waals surface area contributed by atoms with E-state index >= 15 is 0 Å². The third-order valence-electron chi connectivity index (χ3n) is 3.83. The van der Waals surface area contributed by atoms with Gasteiger partial charge < -0.3 is 26.8 Å². The minimum absolute atomic E-state index is 0.109. The van der Waals surface area contributed by atoms with E-state index in [2.05, 4.69) is 16.0 Å². The van der Waals surface area contributed by atoms with Crippen molar-refractivity contribution in [1.29, 1.82) is 0 Å². The summed E-state index contributed by atoms with van der Waals surface area (Å²) in [6.45, 7) is 10.2. The van der Waals surface area contributed by atoms with Gasteiger partial charge in [0.1, 0.15) is 18.1 Å². The van der Waals surface area contributed by atoms with Gasteiger partial charge in [-0.05, 0) is 31.6 Å². The van der Waals surface area contributed by atoms with E-state index in [4.69, 9.17) is 5.73 Å². The smallest absolute Gasteiger partial charge is 0.245 e. The molecule has 4 unspecified atom stereocenters. The number of nitrogens with one attached hydrogen (secondary N) is 3. The predicted molar refractivity (Wildman–Crippen MR) is 101 cm³/mol. The Bertz CT molecular complexity index is 534. The molecule has 0 rings (SSSR count). The standard InChI is InChI=1S/C18H34N4O5/c1-9(2)7-13(16(19)25)21-18(27)15(11(5)23)22-17(26)14(8-10(3)4)20-12(6)24/h9-11,13-15,23H,7-8H2,1-6H3,(H2,19,25)(H,20,24)(H,21,27)(H,22,26). The molecule has 0 aliphatic carbocycles. The van der Waals surface area contributed by atoms with Crippen molar-refractivity contribution >= 4 is 23.6 Å². The first-order valence-electron chi connectivity index (χ1n) is 9.20. The van der Waals surface area contributed by atoms with Gasteiger partial charge >= 0.3 is 0 Å². The number of aliphatic hydroxyl groups excluding tert-OH is 1. The van der Waals surface area contributed by atoms with Gasteiger partial charge in [0, 0.05) is 6.92 Å². The Balaban J connectivity index is 5.23. The summed E-state index contributed by atoms with van der Waals surface area (Å²) in [6, 6.07) is -3.02. The number of amides is 4. The molecule has 4 amide bonds. The molecule has 9 nitrogen and oxygen atoms in total. The molecule has 0 aliphatic heterocycles. The molecule has 0 aromatic heterocycles. The molecule has 0 fully saturated rings. The minimum atomic E-state index is -1.28. The summed E-state index contributed by atoms with van der Waals surface area (Å²) in [7, 11) is 0. The van der Waals surface area contributed by atoms with Gasteiger partial charge in [0.25, 0.3) is 0 Å². The largest absolute Gasteiger partial charge is 0.391 e. The molecule has 0 bridgehead atoms. The third-order valence-corrected chi connectivity index (χ3v) is 3.83. The highest BCUT2D eigenvalue weighted by molar-refractivity contribution is 5.94. The lowest BCUT2D eigenvalue weighted by Gasteiger charge is -2.27. The lowest BCUT2D eigenvalue weighted by atomic mass is 10.0. The van der Waals surface area contributed by atoms with Crippen molar-refractivity contribution in [2.75, 3.05) is 0 Å². The Morgan fingerprint density at radius 3 is 1.67 bits per heavy atom. The Morgan fingerprint density at radius 1 is 0.815 bits per heavy atom. The molecule has 27 heavy (non-hydrogen) atoms. The highest BCUT2D eigenvalue weighted by atomic mass is 16.3. The molecule has 6 N–H and O–H groups in total. The molecule has 156 valence electrons. The van der Waals surface area contributed by atoms with Crippen LogP contribution < -0.4 is 21.7 Å². The fourth-order valence-electron chi connectivity index (χ4n) is 2.59. The third kappa shape index (κ3) is 9.93. The molecular formula is C18H34N4O5. The first-order valence-corrected chi connectivity index (χ1v) is 9.20. The summed E-state index contributed by atoms with van der Waals surface area (Å²) in [4.78, 5) is 47.9. The molecule has 0 spiro atoms. The van der Waals surface area contributed by atoms with Crippen molar-refractivity contribution in [2.45, 2.75) is 78.6 Å². The lowest BCUT2D eigenvalue weighted by Crippen LogP contribution is -2.59. The summed E-state index contributed by atoms with van der Waals surface area (Å²) in [6.07, 6.45) is -0.501. The molecule has 4 atom stereocenters. The Hall–Kier alpha value is -2.16. The van der Waals surface area contributed by atoms with Crippen molar-refractivity contribution in [3.05, 3.63) is 0 Å². The molecule has 0 aromatic carbocycles. The fraction of sp³-hybridized carbons (Fsp3) is 0.778. The number of hydrogen-bond donors (Lipinski definition) is 5. The van der Waals surface area contributed by atoms with Crippen molar-refractivity contribution < 1.29 is 24.3 Å². The predicted octanol–water partition coefficient (Wildman–Crippen LogP) is -0.581. The molecule has 0 aromatic rings. The number of hydrogen-bond acceptors (Lipinski definition) is 5. The molecule has 9 heteroatoms. The van der Waals surface area contributed by atoms with Crippen LogP contribution in [-0.2, 0) is 19.2 Å². The van der Waals surface area contributed by atoms with E-state index in [1.165, 1.54) is 13.8 Å². The zero-order valence-corrected chi connectivity index (χ0v) is 17.0. The second kappa shape index (κ2) is 11.5. The van der Waals surface area contributed by atoms with Crippen LogP contribution in [0.15, 0.2) is 0 Å². The van der Waals surface area contributed by atoms with Crippen LogP contribution >= 0.6 is 0 Å². The van der Waals surface area contributed by atoms with Gasteiger partial charge in [-0.3, -0.25) is 19.2 Å². The Morgan fingerprint density at radius 2 is 1.30 bits per heavy atom. The van der Waals surface area contributed by atoms with Crippen LogP contribution in [-0.4, -0.2) is 53.0 Å². The molecule has 0 saturated heterocycles. The minimum Gasteiger partial charge on any atom is -0.391 e. The summed E-state index contributed by atoms with van der Waals surface area (Å²) in [5.41, 5.74) is 5.32. The maximum atomic E-state index is 12.5. The van der Waals surface area contributed by atoms with E-state index in [1.54, 1.807) is 0 Å². The molecular weight excluding hydrogens is 352 g/mol. The summed E-state index contributed by atoms with van der Waals surface area (Å²) in [5.74, 6) is -2.13. The van der Waals surface area contributed by atoms with E-state index < -0.39 is 42.0 Å². The number of carbonyl (C=O) groups excluding carboxylic acids is 4. The van der Waals surface area contributed by atoms with Crippen LogP contribution in [0.3, 0.4) is 0 Å². The van der Waals surface area contributed by atoms with Gasteiger partial charge in [-0.15, -0.1) is 0 Å². The second-order valence-electron chi connectivity index (χ2n) is 7.70. The van der Waals surface area contributed by atoms with E-state index in [1.807, 2.05) is 27.7 Å². The van der Waals surface area contributed by atoms with Crippen LogP contribution in [0.25, 0.3) is 0 Å². The van der Waals surface area contributed by atoms with E-state index in [-0.39, 0.29) is 17.7 Å². The SMILES string of the molecule is CC(=O)NC(CC(C)C)C(=O)NC(C(=O)NC(CC(C)C)C(N)=O)C(C)O. The second-order valence-corrected chi connectivity index (χ2v) is 7.70. The highest BCUT2D eigenvalue weighted by Crippen LogP contribution is 2.08. The van der Waals surface area contributed by atoms with E-state index in [0.29, 0.717) is 12.8 Å². The number of nitrogens with two attached hydrogens (primary N) is 1. The number of rotatable bonds is 11. The maximum absolute atomic E-state index is 12.5. The van der Waals surface area contributed by atoms with Crippen LogP contribution in [0.5, 0.6) is 0 Å². The fourth-order valence-corrected chi connectivity index (χ4v) is 2.59. The monoisotopic (exact) mass is 386 g/mol. The van der Waals surface area contributed by atoms with Crippen molar-refractivity contribution in [2.24, 2.45) is 17.6 Å². The van der Waals surface area contributed by atoms with E-state index in [9.17, 15) is 24.3 Å². The van der Waals surface area contributed by atoms with Crippen LogP contribution in [0.1, 0.15) is 54.4 Å². The maximum Gasteiger partial charge on any atom is 0.245 e. The van der Waals surface area contributed by atoms with Gasteiger partial charge in [-0.1, -0.05) is 27.7 Å². The quantitative estimate of drug-likeness (QED) is 0.322. The average molecular weight is 386 g/mol. The molecule has 0 radical (unpaired) electrons. The normalized spacial score (nSPS) is 15.6. The Labute approximate surface area is 160 Å². The number of carbonyl (C=O) groups is 4. The van der Waals surface area contributed by atoms with Crippen LogP contribution in [0.4, 0.5) is 0 Å². The highest BCUT2D eigenvalue weighted by Gasteiger charge is 2.31. The topological polar surface area (TPSA) is 151 Å². The summed E-state index contributed by atoms with van der Waals surface area (Å²) < 4.78 is 0. The van der Waals surface area contributed by atoms with Crippen molar-refractivity contribution in [3.63, 3.8) is 0 Å². The average Bonchev–Trinajstić information content (AvgIpc) is 2.48. The molecule has 0 aliphatic rings. The summed E-state index contributed by atoms with van der Waals surface area (Å²) in [5, 5.41) is 17.4. The Kier molecular flexibility index (Phi) is 10.6. The van der Waals surface area contributed by atoms with Gasteiger partial charge in [0.05, 0.1) is 6.10 Å². The first-order chi connectivity index (χ1) is 12.3. The molecule has 0 heterocycles. The zero-order chi connectivity index (χ0) is 21.3. The van der Waals surface area contributed by atoms with Gasteiger partial charge in [0.2, 0.25) is 23.6 Å². The van der Waals surface area contributed by atoms with Gasteiger partial charge in [-0.25, -0.2) is 0 Å². The van der Waals surface area contributed by atoms with Crippen molar-refractivity contribution in [3.8, 4) is 0 Å². The summed E-state index contributed by atoms with van der Waals surface area (Å²) >= 11 is 0. The molecule has 0 saturated carbocycles. The number of primary amides is 1. The van der Waals surface area contributed by atoms with Gasteiger partial charge in [0.15, 0.2) is 0 Å². The van der Waals surface area contributed by atoms with E-state index in [0.717, 1.165) is 0 Å². The lowest BCUT2D eigenvalue weighted by molar-refractivity contribution is -0.135.